The summed E-state index contributed by atoms with van der Waals surface area (Å²) >= 11 is 0. The Labute approximate surface area is 185 Å². The van der Waals surface area contributed by atoms with Gasteiger partial charge in [-0.2, -0.15) is 0 Å². The van der Waals surface area contributed by atoms with Crippen LogP contribution in [0.25, 0.3) is 0 Å². The van der Waals surface area contributed by atoms with Gasteiger partial charge < -0.3 is 0 Å². The molecule has 1 aromatic heterocycles. The highest BCUT2D eigenvalue weighted by Gasteiger charge is 2.24. The second-order valence-electron chi connectivity index (χ2n) is 8.78. The monoisotopic (exact) mass is 413 g/mol. The molecule has 0 saturated heterocycles. The van der Waals surface area contributed by atoms with Crippen molar-refractivity contribution >= 4 is 11.6 Å². The van der Waals surface area contributed by atoms with E-state index in [0.29, 0.717) is 12.8 Å². The largest absolute Gasteiger partial charge is 0.294 e. The molecule has 0 N–H and O–H groups in total. The minimum atomic E-state index is -0.191. The van der Waals surface area contributed by atoms with Gasteiger partial charge in [0.2, 0.25) is 0 Å². The number of carbonyl (C=O) groups is 2. The molecule has 0 aliphatic heterocycles. The Morgan fingerprint density at radius 3 is 1.39 bits per heavy atom. The molecule has 0 spiro atoms. The number of aryl methyl sites for hydroxylation is 6. The molecule has 0 saturated carbocycles. The van der Waals surface area contributed by atoms with E-state index in [2.05, 4.69) is 4.98 Å². The lowest BCUT2D eigenvalue weighted by molar-refractivity contribution is 0.0943. The molecule has 0 unspecified atom stereocenters. The summed E-state index contributed by atoms with van der Waals surface area (Å²) < 4.78 is 0. The number of pyridine rings is 1. The first-order chi connectivity index (χ1) is 14.7. The van der Waals surface area contributed by atoms with Crippen LogP contribution in [0.1, 0.15) is 78.4 Å². The van der Waals surface area contributed by atoms with E-state index in [0.717, 1.165) is 50.1 Å². The maximum absolute atomic E-state index is 13.4. The molecule has 0 aliphatic rings. The van der Waals surface area contributed by atoms with Gasteiger partial charge in [-0.15, -0.1) is 0 Å². The molecule has 0 aliphatic carbocycles. The van der Waals surface area contributed by atoms with Crippen LogP contribution in [0.5, 0.6) is 0 Å². The van der Waals surface area contributed by atoms with E-state index in [9.17, 15) is 9.59 Å². The zero-order valence-corrected chi connectivity index (χ0v) is 19.4. The number of benzene rings is 2. The topological polar surface area (TPSA) is 47.0 Å². The molecule has 160 valence electrons. The zero-order valence-electron chi connectivity index (χ0n) is 19.4. The summed E-state index contributed by atoms with van der Waals surface area (Å²) in [7, 11) is 0. The number of carbonyl (C=O) groups excluding carboxylic acids is 2. The van der Waals surface area contributed by atoms with E-state index >= 15 is 0 Å². The lowest BCUT2D eigenvalue weighted by Crippen LogP contribution is -2.15. The molecule has 3 nitrogen and oxygen atoms in total. The molecule has 3 aromatic rings. The van der Waals surface area contributed by atoms with Crippen LogP contribution in [0.4, 0.5) is 0 Å². The molecule has 3 rings (SSSR count). The van der Waals surface area contributed by atoms with Crippen molar-refractivity contribution in [3.63, 3.8) is 0 Å². The van der Waals surface area contributed by atoms with Crippen LogP contribution < -0.4 is 0 Å². The minimum Gasteiger partial charge on any atom is -0.294 e. The Morgan fingerprint density at radius 1 is 0.677 bits per heavy atom. The van der Waals surface area contributed by atoms with Gasteiger partial charge in [-0.05, 0) is 87.4 Å². The predicted molar refractivity (Wildman–Crippen MR) is 126 cm³/mol. The van der Waals surface area contributed by atoms with Crippen molar-refractivity contribution in [3.8, 4) is 0 Å². The van der Waals surface area contributed by atoms with Crippen LogP contribution in [0.15, 0.2) is 48.8 Å². The first-order valence-electron chi connectivity index (χ1n) is 10.8. The molecule has 0 atom stereocenters. The lowest BCUT2D eigenvalue weighted by atomic mass is 9.83. The van der Waals surface area contributed by atoms with Gasteiger partial charge >= 0.3 is 0 Å². The third kappa shape index (κ3) is 5.16. The van der Waals surface area contributed by atoms with Crippen molar-refractivity contribution in [2.45, 2.75) is 60.3 Å². The van der Waals surface area contributed by atoms with Crippen molar-refractivity contribution in [2.75, 3.05) is 0 Å². The Balaban J connectivity index is 1.94. The Kier molecular flexibility index (Phi) is 6.84. The number of hydrogen-bond acceptors (Lipinski definition) is 3. The summed E-state index contributed by atoms with van der Waals surface area (Å²) in [5.74, 6) is -0.0212. The highest BCUT2D eigenvalue weighted by molar-refractivity contribution is 6.02. The Bertz CT molecular complexity index is 1010. The Morgan fingerprint density at radius 2 is 1.03 bits per heavy atom. The van der Waals surface area contributed by atoms with Crippen LogP contribution in [0.2, 0.25) is 0 Å². The van der Waals surface area contributed by atoms with E-state index in [1.165, 1.54) is 0 Å². The Hall–Kier alpha value is -3.07. The summed E-state index contributed by atoms with van der Waals surface area (Å²) in [6.07, 6.45) is 4.04. The molecule has 3 heteroatoms. The van der Waals surface area contributed by atoms with Gasteiger partial charge in [-0.25, -0.2) is 0 Å². The van der Waals surface area contributed by atoms with Crippen LogP contribution in [-0.2, 0) is 0 Å². The number of rotatable bonds is 7. The fourth-order valence-corrected chi connectivity index (χ4v) is 4.83. The molecule has 0 fully saturated rings. The molecule has 31 heavy (non-hydrogen) atoms. The van der Waals surface area contributed by atoms with E-state index < -0.39 is 0 Å². The van der Waals surface area contributed by atoms with Crippen LogP contribution in [0, 0.1) is 41.5 Å². The number of hydrogen-bond donors (Lipinski definition) is 0. The number of ketones is 2. The van der Waals surface area contributed by atoms with E-state index in [1.54, 1.807) is 12.4 Å². The lowest BCUT2D eigenvalue weighted by Gasteiger charge is -2.19. The van der Waals surface area contributed by atoms with Crippen molar-refractivity contribution < 1.29 is 9.59 Å². The van der Waals surface area contributed by atoms with E-state index in [-0.39, 0.29) is 17.5 Å². The van der Waals surface area contributed by atoms with Crippen LogP contribution >= 0.6 is 0 Å². The van der Waals surface area contributed by atoms with E-state index in [4.69, 9.17) is 0 Å². The van der Waals surface area contributed by atoms with Gasteiger partial charge in [-0.1, -0.05) is 35.4 Å². The summed E-state index contributed by atoms with van der Waals surface area (Å²) in [5.41, 5.74) is 8.80. The molecule has 2 aromatic carbocycles. The van der Waals surface area contributed by atoms with Gasteiger partial charge in [0.25, 0.3) is 0 Å². The number of nitrogens with zero attached hydrogens (tertiary/aromatic N) is 1. The standard InChI is InChI=1S/C28H31NO2/c1-17-11-19(3)27(20(4)12-17)25(30)15-24(23-7-9-29-10-8-23)16-26(31)28-21(5)13-18(2)14-22(28)6/h7-14,24H,15-16H2,1-6H3. The summed E-state index contributed by atoms with van der Waals surface area (Å²) in [6, 6.07) is 12.0. The van der Waals surface area contributed by atoms with Crippen molar-refractivity contribution in [1.29, 1.82) is 0 Å². The van der Waals surface area contributed by atoms with Crippen molar-refractivity contribution in [2.24, 2.45) is 0 Å². The first-order valence-corrected chi connectivity index (χ1v) is 10.8. The van der Waals surface area contributed by atoms with Crippen LogP contribution in [-0.4, -0.2) is 16.6 Å². The smallest absolute Gasteiger partial charge is 0.164 e. The summed E-state index contributed by atoms with van der Waals surface area (Å²) in [4.78, 5) is 30.8. The van der Waals surface area contributed by atoms with E-state index in [1.807, 2.05) is 77.9 Å². The minimum absolute atomic E-state index is 0.0852. The quantitative estimate of drug-likeness (QED) is 0.412. The number of aromatic nitrogens is 1. The van der Waals surface area contributed by atoms with Gasteiger partial charge in [-0.3, -0.25) is 14.6 Å². The van der Waals surface area contributed by atoms with Crippen LogP contribution in [0.3, 0.4) is 0 Å². The van der Waals surface area contributed by atoms with Gasteiger partial charge in [0.05, 0.1) is 0 Å². The van der Waals surface area contributed by atoms with Crippen molar-refractivity contribution in [1.82, 2.24) is 4.98 Å². The average molecular weight is 414 g/mol. The molecule has 1 heterocycles. The SMILES string of the molecule is Cc1cc(C)c(C(=O)CC(CC(=O)c2c(C)cc(C)cc2C)c2ccncc2)c(C)c1. The molecule has 0 amide bonds. The third-order valence-corrected chi connectivity index (χ3v) is 5.95. The highest BCUT2D eigenvalue weighted by Crippen LogP contribution is 2.30. The summed E-state index contributed by atoms with van der Waals surface area (Å²) in [6.45, 7) is 12.0. The highest BCUT2D eigenvalue weighted by atomic mass is 16.1. The average Bonchev–Trinajstić information content (AvgIpc) is 2.66. The summed E-state index contributed by atoms with van der Waals surface area (Å²) in [5, 5.41) is 0. The number of Topliss-reactive ketones (excluding diaryl/α,β-unsaturated/α-hetero) is 2. The molecular formula is C28H31NO2. The second kappa shape index (κ2) is 9.38. The van der Waals surface area contributed by atoms with Gasteiger partial charge in [0.15, 0.2) is 11.6 Å². The van der Waals surface area contributed by atoms with Crippen molar-refractivity contribution in [3.05, 3.63) is 98.9 Å². The normalized spacial score (nSPS) is 11.1. The predicted octanol–water partition coefficient (Wildman–Crippen LogP) is 6.56. The first kappa shape index (κ1) is 22.6. The fraction of sp³-hybridized carbons (Fsp3) is 0.321. The zero-order chi connectivity index (χ0) is 22.7. The fourth-order valence-electron chi connectivity index (χ4n) is 4.83. The maximum atomic E-state index is 13.4. The third-order valence-electron chi connectivity index (χ3n) is 5.95. The second-order valence-corrected chi connectivity index (χ2v) is 8.78. The maximum Gasteiger partial charge on any atom is 0.164 e. The van der Waals surface area contributed by atoms with Gasteiger partial charge in [0.1, 0.15) is 0 Å². The molecule has 0 radical (unpaired) electrons. The molecular weight excluding hydrogens is 382 g/mol. The molecule has 0 bridgehead atoms. The van der Waals surface area contributed by atoms with Gasteiger partial charge in [0, 0.05) is 36.4 Å².